The number of methoxy groups -OCH3 is 1. The summed E-state index contributed by atoms with van der Waals surface area (Å²) in [7, 11) is -0.497. The normalized spacial score (nSPS) is 15.2. The van der Waals surface area contributed by atoms with Crippen LogP contribution in [0.25, 0.3) is 0 Å². The second-order valence-electron chi connectivity index (χ2n) is 4.98. The maximum absolute atomic E-state index is 12.7. The van der Waals surface area contributed by atoms with Crippen LogP contribution < -0.4 is 10.5 Å². The van der Waals surface area contributed by atoms with Gasteiger partial charge in [-0.3, -0.25) is 0 Å². The van der Waals surface area contributed by atoms with Crippen LogP contribution in [0.2, 0.25) is 0 Å². The highest BCUT2D eigenvalue weighted by Crippen LogP contribution is 2.32. The van der Waals surface area contributed by atoms with E-state index in [9.17, 15) is 8.42 Å². The molecule has 5 nitrogen and oxygen atoms in total. The van der Waals surface area contributed by atoms with Crippen molar-refractivity contribution in [1.82, 2.24) is 4.31 Å². The quantitative estimate of drug-likeness (QED) is 0.848. The van der Waals surface area contributed by atoms with Gasteiger partial charge in [0.1, 0.15) is 10.6 Å². The number of rotatable bonds is 4. The first-order chi connectivity index (χ1) is 10.0. The summed E-state index contributed by atoms with van der Waals surface area (Å²) < 4.78 is 32.1. The van der Waals surface area contributed by atoms with E-state index in [4.69, 9.17) is 10.5 Å². The van der Waals surface area contributed by atoms with Crippen molar-refractivity contribution in [2.45, 2.75) is 30.2 Å². The second kappa shape index (κ2) is 6.48. The van der Waals surface area contributed by atoms with Gasteiger partial charge in [0.2, 0.25) is 10.0 Å². The van der Waals surface area contributed by atoms with Crippen LogP contribution in [0.15, 0.2) is 23.1 Å². The molecule has 2 N–H and O–H groups in total. The molecule has 0 bridgehead atoms. The summed E-state index contributed by atoms with van der Waals surface area (Å²) in [6, 6.07) is 4.98. The summed E-state index contributed by atoms with van der Waals surface area (Å²) in [5.41, 5.74) is 5.96. The molecule has 0 aromatic heterocycles. The number of nitrogens with zero attached hydrogens (tertiary/aromatic N) is 1. The molecule has 0 heterocycles. The van der Waals surface area contributed by atoms with E-state index in [1.54, 1.807) is 25.2 Å². The van der Waals surface area contributed by atoms with Crippen molar-refractivity contribution in [3.63, 3.8) is 0 Å². The van der Waals surface area contributed by atoms with E-state index >= 15 is 0 Å². The number of sulfonamides is 1. The fraction of sp³-hybridized carbons (Fsp3) is 0.467. The first kappa shape index (κ1) is 15.8. The molecule has 6 heteroatoms. The highest BCUT2D eigenvalue weighted by molar-refractivity contribution is 7.89. The molecule has 0 amide bonds. The molecule has 1 aliphatic rings. The van der Waals surface area contributed by atoms with Gasteiger partial charge >= 0.3 is 0 Å². The van der Waals surface area contributed by atoms with Gasteiger partial charge in [0.05, 0.1) is 13.7 Å². The van der Waals surface area contributed by atoms with E-state index in [0.29, 0.717) is 11.3 Å². The van der Waals surface area contributed by atoms with Gasteiger partial charge in [0.25, 0.3) is 0 Å². The molecule has 21 heavy (non-hydrogen) atoms. The molecular formula is C15H20N2O3S. The fourth-order valence-electron chi connectivity index (χ4n) is 2.21. The number of benzene rings is 1. The summed E-state index contributed by atoms with van der Waals surface area (Å²) in [6.07, 6.45) is 2.89. The maximum atomic E-state index is 12.7. The monoisotopic (exact) mass is 308 g/mol. The van der Waals surface area contributed by atoms with Crippen molar-refractivity contribution in [2.75, 3.05) is 20.7 Å². The zero-order chi connectivity index (χ0) is 15.5. The van der Waals surface area contributed by atoms with Gasteiger partial charge in [-0.05, 0) is 31.0 Å². The molecule has 1 aliphatic carbocycles. The number of ether oxygens (including phenoxy) is 1. The number of hydrogen-bond donors (Lipinski definition) is 1. The summed E-state index contributed by atoms with van der Waals surface area (Å²) in [5, 5.41) is 0. The van der Waals surface area contributed by atoms with Crippen molar-refractivity contribution in [2.24, 2.45) is 5.73 Å². The third kappa shape index (κ3) is 3.21. The Balaban J connectivity index is 2.44. The minimum atomic E-state index is -3.58. The molecule has 0 aliphatic heterocycles. The predicted octanol–water partition coefficient (Wildman–Crippen LogP) is 1.18. The lowest BCUT2D eigenvalue weighted by Crippen LogP contribution is -2.41. The van der Waals surface area contributed by atoms with E-state index in [1.165, 1.54) is 11.4 Å². The average molecular weight is 308 g/mol. The molecule has 1 aromatic rings. The minimum Gasteiger partial charge on any atom is -0.495 e. The molecule has 0 unspecified atom stereocenters. The van der Waals surface area contributed by atoms with Crippen LogP contribution in [-0.4, -0.2) is 39.5 Å². The van der Waals surface area contributed by atoms with E-state index in [2.05, 4.69) is 11.8 Å². The highest BCUT2D eigenvalue weighted by atomic mass is 32.2. The van der Waals surface area contributed by atoms with Crippen molar-refractivity contribution in [1.29, 1.82) is 0 Å². The van der Waals surface area contributed by atoms with Crippen molar-refractivity contribution >= 4 is 10.0 Å². The van der Waals surface area contributed by atoms with E-state index in [1.807, 2.05) is 0 Å². The Labute approximate surface area is 126 Å². The topological polar surface area (TPSA) is 72.6 Å². The van der Waals surface area contributed by atoms with E-state index in [-0.39, 0.29) is 17.5 Å². The molecule has 1 fully saturated rings. The lowest BCUT2D eigenvalue weighted by Gasteiger charge is -2.34. The summed E-state index contributed by atoms with van der Waals surface area (Å²) >= 11 is 0. The molecule has 0 saturated heterocycles. The van der Waals surface area contributed by atoms with Crippen LogP contribution in [0.1, 0.15) is 24.8 Å². The maximum Gasteiger partial charge on any atom is 0.246 e. The molecule has 114 valence electrons. The van der Waals surface area contributed by atoms with Gasteiger partial charge in [-0.25, -0.2) is 8.42 Å². The third-order valence-corrected chi connectivity index (χ3v) is 5.68. The second-order valence-corrected chi connectivity index (χ2v) is 6.94. The van der Waals surface area contributed by atoms with Crippen LogP contribution in [0.3, 0.4) is 0 Å². The van der Waals surface area contributed by atoms with Gasteiger partial charge in [0.15, 0.2) is 0 Å². The largest absolute Gasteiger partial charge is 0.495 e. The lowest BCUT2D eigenvalue weighted by atomic mass is 9.94. The van der Waals surface area contributed by atoms with Crippen LogP contribution in [-0.2, 0) is 10.0 Å². The Morgan fingerprint density at radius 3 is 2.67 bits per heavy atom. The summed E-state index contributed by atoms with van der Waals surface area (Å²) in [5.74, 6) is 5.91. The molecule has 0 atom stereocenters. The number of nitrogens with two attached hydrogens (primary N) is 1. The Bertz CT molecular complexity index is 670. The minimum absolute atomic E-state index is 0.0819. The van der Waals surface area contributed by atoms with Crippen LogP contribution >= 0.6 is 0 Å². The SMILES string of the molecule is COc1ccc(C#CCN)cc1S(=O)(=O)N(C)C1CCC1. The Morgan fingerprint density at radius 2 is 2.14 bits per heavy atom. The van der Waals surface area contributed by atoms with E-state index in [0.717, 1.165) is 19.3 Å². The van der Waals surface area contributed by atoms with Gasteiger partial charge in [-0.2, -0.15) is 4.31 Å². The van der Waals surface area contributed by atoms with Gasteiger partial charge < -0.3 is 10.5 Å². The first-order valence-electron chi connectivity index (χ1n) is 6.85. The Kier molecular flexibility index (Phi) is 4.88. The zero-order valence-electron chi connectivity index (χ0n) is 12.3. The standard InChI is InChI=1S/C15H20N2O3S/c1-17(13-6-3-7-13)21(18,19)15-11-12(5-4-10-16)8-9-14(15)20-2/h8-9,11,13H,3,6-7,10,16H2,1-2H3. The Hall–Kier alpha value is -1.55. The summed E-state index contributed by atoms with van der Waals surface area (Å²) in [4.78, 5) is 0.156. The molecule has 2 rings (SSSR count). The third-order valence-electron chi connectivity index (χ3n) is 3.74. The van der Waals surface area contributed by atoms with Crippen LogP contribution in [0.5, 0.6) is 5.75 Å². The number of hydrogen-bond acceptors (Lipinski definition) is 4. The average Bonchev–Trinajstić information content (AvgIpc) is 2.42. The first-order valence-corrected chi connectivity index (χ1v) is 8.29. The Morgan fingerprint density at radius 1 is 1.43 bits per heavy atom. The van der Waals surface area contributed by atoms with Crippen molar-refractivity contribution < 1.29 is 13.2 Å². The van der Waals surface area contributed by atoms with Gasteiger partial charge in [-0.1, -0.05) is 18.3 Å². The molecule has 1 saturated carbocycles. The molecule has 0 radical (unpaired) electrons. The smallest absolute Gasteiger partial charge is 0.246 e. The van der Waals surface area contributed by atoms with Crippen LogP contribution in [0.4, 0.5) is 0 Å². The van der Waals surface area contributed by atoms with Gasteiger partial charge in [-0.15, -0.1) is 0 Å². The highest BCUT2D eigenvalue weighted by Gasteiger charge is 2.33. The van der Waals surface area contributed by atoms with E-state index < -0.39 is 10.0 Å². The molecule has 0 spiro atoms. The fourth-order valence-corrected chi connectivity index (χ4v) is 3.81. The molecular weight excluding hydrogens is 288 g/mol. The van der Waals surface area contributed by atoms with Gasteiger partial charge in [0, 0.05) is 18.7 Å². The van der Waals surface area contributed by atoms with Crippen molar-refractivity contribution in [3.8, 4) is 17.6 Å². The summed E-state index contributed by atoms with van der Waals surface area (Å²) in [6.45, 7) is 0.232. The predicted molar refractivity (Wildman–Crippen MR) is 81.5 cm³/mol. The van der Waals surface area contributed by atoms with Crippen LogP contribution in [0, 0.1) is 11.8 Å². The molecule has 1 aromatic carbocycles. The lowest BCUT2D eigenvalue weighted by molar-refractivity contribution is 0.249. The van der Waals surface area contributed by atoms with Crippen molar-refractivity contribution in [3.05, 3.63) is 23.8 Å². The zero-order valence-corrected chi connectivity index (χ0v) is 13.1.